The van der Waals surface area contributed by atoms with E-state index in [1.807, 2.05) is 30.3 Å². The van der Waals surface area contributed by atoms with E-state index < -0.39 is 92.3 Å². The molecule has 2 amide bonds. The Hall–Kier alpha value is -5.34. The minimum atomic E-state index is -3.07. The van der Waals surface area contributed by atoms with Crippen LogP contribution in [0.15, 0.2) is 91.0 Å². The van der Waals surface area contributed by atoms with Crippen LogP contribution in [-0.2, 0) is 51.2 Å². The maximum Gasteiger partial charge on any atom is 0.408 e. The van der Waals surface area contributed by atoms with E-state index in [2.05, 4.69) is 20.1 Å². The smallest absolute Gasteiger partial charge is 0.408 e. The number of ketones is 1. The van der Waals surface area contributed by atoms with Gasteiger partial charge in [0.25, 0.3) is 0 Å². The number of hydrogen-bond acceptors (Lipinski definition) is 13. The van der Waals surface area contributed by atoms with Crippen molar-refractivity contribution >= 4 is 42.3 Å². The average Bonchev–Trinajstić information content (AvgIpc) is 3.18. The van der Waals surface area contributed by atoms with Crippen molar-refractivity contribution < 1.29 is 75.1 Å². The predicted molar refractivity (Wildman–Crippen MR) is 216 cm³/mol. The quantitative estimate of drug-likeness (QED) is 0.0506. The first kappa shape index (κ1) is 55.7. The Morgan fingerprint density at radius 3 is 1.34 bits per heavy atom. The molecule has 0 fully saturated rings. The highest BCUT2D eigenvalue weighted by Gasteiger charge is 2.28. The van der Waals surface area contributed by atoms with Gasteiger partial charge in [-0.25, -0.2) is 19.2 Å². The molecular weight excluding hydrogens is 838 g/mol. The second-order valence-corrected chi connectivity index (χ2v) is 14.3. The summed E-state index contributed by atoms with van der Waals surface area (Å²) in [5.41, 5.74) is 5.84. The summed E-state index contributed by atoms with van der Waals surface area (Å²) >= 11 is 0. The Kier molecular flexibility index (Phi) is 26.5. The standard InChI is InChI=1S/C16H21F2NO5.C15H21NO5.C10H11F2NO2.ClH/c1-16(2,3)24-15(21)19-12(10-23-14(17)18)13(20)22-9-11-7-5-4-6-8-11;1-15(2,3)21-14(19)16-12(9-17)13(18)20-10-11-7-5-4-6-8-11;11-10(12)15-6-8(13)9(14)7-4-2-1-3-5-7;/h4-8,12,14H,9-10H2,1-3H3,(H,19,21);4-8,12,17H,9-10H2,1-3H3,(H,16,19);1-5,8,10H,6,13H2;1H/t2*12-;8-;/m000./s1. The van der Waals surface area contributed by atoms with Crippen molar-refractivity contribution in [2.75, 3.05) is 19.8 Å². The van der Waals surface area contributed by atoms with Gasteiger partial charge in [0, 0.05) is 5.56 Å². The lowest BCUT2D eigenvalue weighted by molar-refractivity contribution is -0.159. The number of alkyl carbamates (subject to hydrolysis) is 2. The van der Waals surface area contributed by atoms with Crippen molar-refractivity contribution in [2.24, 2.45) is 5.73 Å². The molecule has 61 heavy (non-hydrogen) atoms. The Labute approximate surface area is 357 Å². The molecule has 0 heterocycles. The van der Waals surface area contributed by atoms with Crippen molar-refractivity contribution in [2.45, 2.75) is 97.3 Å². The highest BCUT2D eigenvalue weighted by atomic mass is 35.5. The number of Topliss-reactive ketones (excluding diaryl/α,β-unsaturated/α-hetero) is 1. The Morgan fingerprint density at radius 2 is 0.967 bits per heavy atom. The molecule has 0 radical (unpaired) electrons. The summed E-state index contributed by atoms with van der Waals surface area (Å²) in [5, 5.41) is 13.6. The lowest BCUT2D eigenvalue weighted by atomic mass is 10.1. The molecule has 0 unspecified atom stereocenters. The first-order chi connectivity index (χ1) is 28.1. The van der Waals surface area contributed by atoms with E-state index in [0.717, 1.165) is 11.1 Å². The van der Waals surface area contributed by atoms with Gasteiger partial charge in [-0.15, -0.1) is 12.4 Å². The number of rotatable bonds is 17. The van der Waals surface area contributed by atoms with Crippen molar-refractivity contribution in [1.82, 2.24) is 10.6 Å². The Morgan fingerprint density at radius 1 is 0.607 bits per heavy atom. The maximum absolute atomic E-state index is 12.2. The van der Waals surface area contributed by atoms with Crippen molar-refractivity contribution in [3.63, 3.8) is 0 Å². The zero-order valence-electron chi connectivity index (χ0n) is 34.5. The molecule has 0 aromatic heterocycles. The first-order valence-corrected chi connectivity index (χ1v) is 18.3. The molecule has 3 aromatic carbocycles. The first-order valence-electron chi connectivity index (χ1n) is 18.3. The number of carbonyl (C=O) groups excluding carboxylic acids is 5. The number of alkyl halides is 4. The Bertz CT molecular complexity index is 1720. The van der Waals surface area contributed by atoms with Gasteiger partial charge in [0.1, 0.15) is 24.4 Å². The largest absolute Gasteiger partial charge is 0.459 e. The average molecular weight is 892 g/mol. The molecule has 20 heteroatoms. The summed E-state index contributed by atoms with van der Waals surface area (Å²) in [4.78, 5) is 58.6. The number of hydrogen-bond donors (Lipinski definition) is 4. The molecule has 340 valence electrons. The van der Waals surface area contributed by atoms with Gasteiger partial charge >= 0.3 is 37.3 Å². The molecular formula is C41H54ClF4N3O12. The molecule has 0 aliphatic heterocycles. The Balaban J connectivity index is 0.000000900. The number of ether oxygens (including phenoxy) is 6. The zero-order valence-corrected chi connectivity index (χ0v) is 35.3. The third-order valence-electron chi connectivity index (χ3n) is 6.77. The van der Waals surface area contributed by atoms with Crippen LogP contribution in [0.4, 0.5) is 27.2 Å². The van der Waals surface area contributed by atoms with E-state index in [-0.39, 0.29) is 25.6 Å². The van der Waals surface area contributed by atoms with Crippen LogP contribution in [0, 0.1) is 0 Å². The zero-order chi connectivity index (χ0) is 45.3. The van der Waals surface area contributed by atoms with Crippen molar-refractivity contribution in [3.05, 3.63) is 108 Å². The lowest BCUT2D eigenvalue weighted by Gasteiger charge is -2.22. The number of aliphatic hydroxyl groups excluding tert-OH is 1. The van der Waals surface area contributed by atoms with Crippen LogP contribution >= 0.6 is 12.4 Å². The molecule has 0 bridgehead atoms. The highest BCUT2D eigenvalue weighted by molar-refractivity contribution is 6.00. The van der Waals surface area contributed by atoms with E-state index in [4.69, 9.17) is 29.8 Å². The van der Waals surface area contributed by atoms with Crippen molar-refractivity contribution in [1.29, 1.82) is 0 Å². The van der Waals surface area contributed by atoms with E-state index in [1.165, 1.54) is 0 Å². The van der Waals surface area contributed by atoms with Crippen LogP contribution in [0.1, 0.15) is 63.0 Å². The fraction of sp³-hybridized carbons (Fsp3) is 0.439. The number of aliphatic hydroxyl groups is 1. The minimum absolute atomic E-state index is 0. The molecule has 0 saturated carbocycles. The van der Waals surface area contributed by atoms with Crippen LogP contribution in [0.3, 0.4) is 0 Å². The predicted octanol–water partition coefficient (Wildman–Crippen LogP) is 6.34. The summed E-state index contributed by atoms with van der Waals surface area (Å²) in [5.74, 6) is -2.02. The second-order valence-electron chi connectivity index (χ2n) is 14.3. The molecule has 0 spiro atoms. The lowest BCUT2D eigenvalue weighted by Crippen LogP contribution is -2.47. The van der Waals surface area contributed by atoms with Crippen LogP contribution in [0.25, 0.3) is 0 Å². The van der Waals surface area contributed by atoms with E-state index in [1.54, 1.807) is 102 Å². The van der Waals surface area contributed by atoms with Gasteiger partial charge < -0.3 is 49.9 Å². The van der Waals surface area contributed by atoms with Gasteiger partial charge in [0.15, 0.2) is 17.9 Å². The summed E-state index contributed by atoms with van der Waals surface area (Å²) in [7, 11) is 0. The summed E-state index contributed by atoms with van der Waals surface area (Å²) < 4.78 is 75.9. The van der Waals surface area contributed by atoms with E-state index >= 15 is 0 Å². The third kappa shape index (κ3) is 27.2. The summed E-state index contributed by atoms with van der Waals surface area (Å²) in [6.07, 6.45) is -1.71. The van der Waals surface area contributed by atoms with Crippen molar-refractivity contribution in [3.8, 4) is 0 Å². The third-order valence-corrected chi connectivity index (χ3v) is 6.77. The fourth-order valence-corrected chi connectivity index (χ4v) is 4.14. The molecule has 5 N–H and O–H groups in total. The molecule has 0 saturated heterocycles. The van der Waals surface area contributed by atoms with Crippen LogP contribution in [0.2, 0.25) is 0 Å². The number of esters is 2. The van der Waals surface area contributed by atoms with Gasteiger partial charge in [-0.2, -0.15) is 17.6 Å². The second kappa shape index (κ2) is 29.0. The number of halogens is 5. The molecule has 0 aliphatic carbocycles. The molecule has 3 aromatic rings. The number of carbonyl (C=O) groups is 5. The van der Waals surface area contributed by atoms with Crippen LogP contribution in [-0.4, -0.2) is 97.4 Å². The van der Waals surface area contributed by atoms with Crippen LogP contribution in [0.5, 0.6) is 0 Å². The minimum Gasteiger partial charge on any atom is -0.459 e. The van der Waals surface area contributed by atoms with Gasteiger partial charge in [-0.3, -0.25) is 4.79 Å². The highest BCUT2D eigenvalue weighted by Crippen LogP contribution is 2.10. The van der Waals surface area contributed by atoms with E-state index in [0.29, 0.717) is 5.56 Å². The van der Waals surface area contributed by atoms with E-state index in [9.17, 15) is 41.5 Å². The van der Waals surface area contributed by atoms with Gasteiger partial charge in [-0.1, -0.05) is 91.0 Å². The van der Waals surface area contributed by atoms with Gasteiger partial charge in [0.2, 0.25) is 0 Å². The molecule has 3 atom stereocenters. The maximum atomic E-state index is 12.2. The molecule has 15 nitrogen and oxygen atoms in total. The summed E-state index contributed by atoms with van der Waals surface area (Å²) in [6, 6.07) is 22.6. The SMILES string of the molecule is CC(C)(C)OC(=O)N[C@@H](CO)C(=O)OCc1ccccc1.CC(C)(C)OC(=O)N[C@@H](COC(F)F)C(=O)OCc1ccccc1.Cl.N[C@@H](COC(F)F)C(=O)c1ccccc1. The molecule has 3 rings (SSSR count). The number of nitrogens with two attached hydrogens (primary N) is 1. The van der Waals surface area contributed by atoms with Gasteiger partial charge in [0.05, 0.1) is 25.9 Å². The normalized spacial score (nSPS) is 12.4. The topological polar surface area (TPSA) is 211 Å². The van der Waals surface area contributed by atoms with Gasteiger partial charge in [-0.05, 0) is 52.7 Å². The monoisotopic (exact) mass is 891 g/mol. The number of nitrogens with one attached hydrogen (secondary N) is 2. The van der Waals surface area contributed by atoms with Crippen LogP contribution < -0.4 is 16.4 Å². The molecule has 0 aliphatic rings. The number of amides is 2. The fourth-order valence-electron chi connectivity index (χ4n) is 4.14. The number of benzene rings is 3. The summed E-state index contributed by atoms with van der Waals surface area (Å²) in [6.45, 7) is 2.27.